The van der Waals surface area contributed by atoms with Gasteiger partial charge < -0.3 is 9.47 Å². The topological polar surface area (TPSA) is 61.8 Å². The maximum absolute atomic E-state index is 11.1. The molecule has 0 aromatic heterocycles. The average Bonchev–Trinajstić information content (AvgIpc) is 2.40. The molecule has 112 valence electrons. The maximum atomic E-state index is 11.1. The SMILES string of the molecule is CCS(=O)(=O)OCCOc1ccc(OC2CCC2)cc1. The fourth-order valence-electron chi connectivity index (χ4n) is 1.70. The number of hydrogen-bond donors (Lipinski definition) is 0. The first kappa shape index (κ1) is 15.1. The lowest BCUT2D eigenvalue weighted by Crippen LogP contribution is -2.24. The van der Waals surface area contributed by atoms with E-state index in [-0.39, 0.29) is 19.0 Å². The fraction of sp³-hybridized carbons (Fsp3) is 0.571. The molecule has 0 radical (unpaired) electrons. The van der Waals surface area contributed by atoms with Gasteiger partial charge in [-0.05, 0) is 50.5 Å². The van der Waals surface area contributed by atoms with E-state index in [1.165, 1.54) is 13.3 Å². The highest BCUT2D eigenvalue weighted by atomic mass is 32.2. The number of rotatable bonds is 8. The van der Waals surface area contributed by atoms with Crippen molar-refractivity contribution in [1.82, 2.24) is 0 Å². The molecule has 0 amide bonds. The first-order chi connectivity index (χ1) is 9.59. The summed E-state index contributed by atoms with van der Waals surface area (Å²) in [5.74, 6) is 1.48. The molecule has 0 spiro atoms. The molecule has 0 bridgehead atoms. The van der Waals surface area contributed by atoms with E-state index < -0.39 is 10.1 Å². The van der Waals surface area contributed by atoms with E-state index in [1.807, 2.05) is 24.3 Å². The molecule has 0 heterocycles. The minimum absolute atomic E-state index is 0.0243. The predicted octanol–water partition coefficient (Wildman–Crippen LogP) is 2.36. The maximum Gasteiger partial charge on any atom is 0.267 e. The summed E-state index contributed by atoms with van der Waals surface area (Å²) in [7, 11) is -3.39. The highest BCUT2D eigenvalue weighted by molar-refractivity contribution is 7.86. The zero-order valence-corrected chi connectivity index (χ0v) is 12.4. The summed E-state index contributed by atoms with van der Waals surface area (Å²) in [6, 6.07) is 7.33. The van der Waals surface area contributed by atoms with Crippen LogP contribution in [0.4, 0.5) is 0 Å². The molecule has 1 saturated carbocycles. The third-order valence-corrected chi connectivity index (χ3v) is 4.38. The molecule has 5 nitrogen and oxygen atoms in total. The summed E-state index contributed by atoms with van der Waals surface area (Å²) in [4.78, 5) is 0. The van der Waals surface area contributed by atoms with Crippen LogP contribution in [0, 0.1) is 0 Å². The van der Waals surface area contributed by atoms with Crippen molar-refractivity contribution in [1.29, 1.82) is 0 Å². The minimum Gasteiger partial charge on any atom is -0.491 e. The van der Waals surface area contributed by atoms with Gasteiger partial charge in [0.1, 0.15) is 24.7 Å². The number of benzene rings is 1. The normalized spacial score (nSPS) is 15.7. The van der Waals surface area contributed by atoms with Gasteiger partial charge in [0.05, 0.1) is 11.9 Å². The van der Waals surface area contributed by atoms with Crippen LogP contribution < -0.4 is 9.47 Å². The van der Waals surface area contributed by atoms with Gasteiger partial charge in [0.15, 0.2) is 0 Å². The van der Waals surface area contributed by atoms with Gasteiger partial charge in [0.2, 0.25) is 0 Å². The van der Waals surface area contributed by atoms with Gasteiger partial charge >= 0.3 is 0 Å². The molecule has 1 aliphatic carbocycles. The van der Waals surface area contributed by atoms with Gasteiger partial charge in [-0.25, -0.2) is 0 Å². The molecule has 6 heteroatoms. The Balaban J connectivity index is 1.70. The molecule has 0 aliphatic heterocycles. The zero-order chi connectivity index (χ0) is 14.4. The van der Waals surface area contributed by atoms with Gasteiger partial charge in [-0.2, -0.15) is 8.42 Å². The van der Waals surface area contributed by atoms with Crippen molar-refractivity contribution in [3.8, 4) is 11.5 Å². The second-order valence-corrected chi connectivity index (χ2v) is 6.59. The Morgan fingerprint density at radius 1 is 1.10 bits per heavy atom. The molecule has 20 heavy (non-hydrogen) atoms. The van der Waals surface area contributed by atoms with Crippen molar-refractivity contribution in [2.45, 2.75) is 32.3 Å². The summed E-state index contributed by atoms with van der Waals surface area (Å²) in [6.07, 6.45) is 3.85. The van der Waals surface area contributed by atoms with Crippen molar-refractivity contribution < 1.29 is 22.1 Å². The van der Waals surface area contributed by atoms with E-state index >= 15 is 0 Å². The van der Waals surface area contributed by atoms with Gasteiger partial charge in [-0.1, -0.05) is 0 Å². The summed E-state index contributed by atoms with van der Waals surface area (Å²) in [5.41, 5.74) is 0. The zero-order valence-electron chi connectivity index (χ0n) is 11.6. The molecule has 0 N–H and O–H groups in total. The summed E-state index contributed by atoms with van der Waals surface area (Å²) >= 11 is 0. The van der Waals surface area contributed by atoms with Crippen molar-refractivity contribution in [2.24, 2.45) is 0 Å². The molecule has 0 unspecified atom stereocenters. The molecule has 0 saturated heterocycles. The quantitative estimate of drug-likeness (QED) is 0.545. The Morgan fingerprint density at radius 3 is 2.30 bits per heavy atom. The highest BCUT2D eigenvalue weighted by Crippen LogP contribution is 2.26. The van der Waals surface area contributed by atoms with E-state index in [2.05, 4.69) is 0 Å². The largest absolute Gasteiger partial charge is 0.491 e. The van der Waals surface area contributed by atoms with Crippen LogP contribution in [0.25, 0.3) is 0 Å². The van der Waals surface area contributed by atoms with Crippen LogP contribution in [0.3, 0.4) is 0 Å². The minimum atomic E-state index is -3.39. The van der Waals surface area contributed by atoms with Crippen LogP contribution in [0.5, 0.6) is 11.5 Å². The summed E-state index contributed by atoms with van der Waals surface area (Å²) in [6.45, 7) is 1.76. The third-order valence-electron chi connectivity index (χ3n) is 3.15. The van der Waals surface area contributed by atoms with E-state index in [9.17, 15) is 8.42 Å². The lowest BCUT2D eigenvalue weighted by atomic mass is 9.96. The van der Waals surface area contributed by atoms with Crippen LogP contribution >= 0.6 is 0 Å². The van der Waals surface area contributed by atoms with Crippen molar-refractivity contribution in [3.05, 3.63) is 24.3 Å². The van der Waals surface area contributed by atoms with Crippen LogP contribution in [-0.2, 0) is 14.3 Å². The second-order valence-electron chi connectivity index (χ2n) is 4.66. The van der Waals surface area contributed by atoms with Crippen LogP contribution in [0.15, 0.2) is 24.3 Å². The molecular weight excluding hydrogens is 280 g/mol. The van der Waals surface area contributed by atoms with E-state index in [0.717, 1.165) is 18.6 Å². The smallest absolute Gasteiger partial charge is 0.267 e. The molecule has 1 aromatic carbocycles. The Labute approximate surface area is 120 Å². The number of ether oxygens (including phenoxy) is 2. The Hall–Kier alpha value is -1.27. The van der Waals surface area contributed by atoms with Gasteiger partial charge in [-0.15, -0.1) is 0 Å². The average molecular weight is 300 g/mol. The fourth-order valence-corrected chi connectivity index (χ4v) is 2.19. The Kier molecular flexibility index (Phi) is 5.25. The van der Waals surface area contributed by atoms with Gasteiger partial charge in [0, 0.05) is 0 Å². The Bertz CT molecular complexity index is 505. The van der Waals surface area contributed by atoms with Gasteiger partial charge in [-0.3, -0.25) is 4.18 Å². The molecule has 1 aromatic rings. The highest BCUT2D eigenvalue weighted by Gasteiger charge is 2.18. The first-order valence-electron chi connectivity index (χ1n) is 6.85. The molecular formula is C14H20O5S. The van der Waals surface area contributed by atoms with Crippen LogP contribution in [0.2, 0.25) is 0 Å². The van der Waals surface area contributed by atoms with E-state index in [4.69, 9.17) is 13.7 Å². The van der Waals surface area contributed by atoms with E-state index in [0.29, 0.717) is 11.9 Å². The van der Waals surface area contributed by atoms with Crippen molar-refractivity contribution in [3.63, 3.8) is 0 Å². The van der Waals surface area contributed by atoms with Crippen LogP contribution in [-0.4, -0.2) is 33.5 Å². The summed E-state index contributed by atoms with van der Waals surface area (Å²) in [5, 5.41) is 0. The van der Waals surface area contributed by atoms with Crippen molar-refractivity contribution in [2.75, 3.05) is 19.0 Å². The summed E-state index contributed by atoms with van der Waals surface area (Å²) < 4.78 is 38.0. The molecule has 0 atom stereocenters. The monoisotopic (exact) mass is 300 g/mol. The third kappa shape index (κ3) is 4.68. The van der Waals surface area contributed by atoms with Crippen LogP contribution in [0.1, 0.15) is 26.2 Å². The predicted molar refractivity (Wildman–Crippen MR) is 75.6 cm³/mol. The second kappa shape index (κ2) is 6.95. The first-order valence-corrected chi connectivity index (χ1v) is 8.43. The lowest BCUT2D eigenvalue weighted by Gasteiger charge is -2.26. The lowest BCUT2D eigenvalue weighted by molar-refractivity contribution is 0.120. The molecule has 2 rings (SSSR count). The van der Waals surface area contributed by atoms with Gasteiger partial charge in [0.25, 0.3) is 10.1 Å². The molecule has 1 aliphatic rings. The van der Waals surface area contributed by atoms with E-state index in [1.54, 1.807) is 0 Å². The molecule has 1 fully saturated rings. The van der Waals surface area contributed by atoms with Crippen molar-refractivity contribution >= 4 is 10.1 Å². The Morgan fingerprint density at radius 2 is 1.75 bits per heavy atom. The standard InChI is InChI=1S/C14H20O5S/c1-2-20(15,16)18-11-10-17-12-6-8-14(9-7-12)19-13-4-3-5-13/h6-9,13H,2-5,10-11H2,1H3. The number of hydrogen-bond acceptors (Lipinski definition) is 5.